The Labute approximate surface area is 99.4 Å². The number of amides is 1. The molecule has 1 amide bonds. The van der Waals surface area contributed by atoms with Crippen LogP contribution in [0.25, 0.3) is 0 Å². The van der Waals surface area contributed by atoms with Crippen molar-refractivity contribution in [1.82, 2.24) is 4.90 Å². The van der Waals surface area contributed by atoms with Crippen LogP contribution in [0, 0.1) is 5.41 Å². The quantitative estimate of drug-likeness (QED) is 0.740. The molecule has 1 saturated carbocycles. The van der Waals surface area contributed by atoms with Crippen LogP contribution in [-0.2, 0) is 9.59 Å². The largest absolute Gasteiger partial charge is 0.480 e. The average Bonchev–Trinajstić information content (AvgIpc) is 2.95. The Hall–Kier alpha value is -0.710. The molecular weight excluding hydrogens is 226 g/mol. The van der Waals surface area contributed by atoms with E-state index in [1.54, 1.807) is 4.90 Å². The van der Waals surface area contributed by atoms with Crippen LogP contribution in [0.15, 0.2) is 0 Å². The minimum absolute atomic E-state index is 0.168. The van der Waals surface area contributed by atoms with Gasteiger partial charge in [0.05, 0.1) is 0 Å². The Balaban J connectivity index is 2.07. The molecule has 2 aliphatic rings. The van der Waals surface area contributed by atoms with Crippen molar-refractivity contribution in [2.24, 2.45) is 5.41 Å². The number of rotatable bonds is 2. The number of hydrogen-bond donors (Lipinski definition) is 1. The monoisotopic (exact) mass is 243 g/mol. The Morgan fingerprint density at radius 2 is 1.75 bits per heavy atom. The Morgan fingerprint density at radius 3 is 2.12 bits per heavy atom. The minimum atomic E-state index is -1.07. The van der Waals surface area contributed by atoms with Crippen LogP contribution in [0.3, 0.4) is 0 Å². The molecule has 1 saturated heterocycles. The summed E-state index contributed by atoms with van der Waals surface area (Å²) in [5.41, 5.74) is -1.07. The summed E-state index contributed by atoms with van der Waals surface area (Å²) in [7, 11) is 0. The molecule has 16 heavy (non-hydrogen) atoms. The van der Waals surface area contributed by atoms with Crippen molar-refractivity contribution < 1.29 is 14.7 Å². The Bertz CT molecular complexity index is 317. The zero-order valence-electron chi connectivity index (χ0n) is 9.60. The van der Waals surface area contributed by atoms with Gasteiger partial charge in [-0.25, -0.2) is 0 Å². The smallest absolute Gasteiger partial charge is 0.319 e. The second-order valence-electron chi connectivity index (χ2n) is 4.85. The van der Waals surface area contributed by atoms with Crippen molar-refractivity contribution in [2.45, 2.75) is 37.2 Å². The van der Waals surface area contributed by atoms with Crippen molar-refractivity contribution in [2.75, 3.05) is 13.1 Å². The maximum Gasteiger partial charge on any atom is 0.319 e. The summed E-state index contributed by atoms with van der Waals surface area (Å²) in [4.78, 5) is 25.0. The lowest BCUT2D eigenvalue weighted by atomic mass is 10.1. The van der Waals surface area contributed by atoms with Gasteiger partial charge in [-0.3, -0.25) is 9.59 Å². The molecule has 0 bridgehead atoms. The van der Waals surface area contributed by atoms with Gasteiger partial charge in [-0.05, 0) is 12.8 Å². The number of carboxylic acid groups (broad SMARTS) is 1. The molecule has 0 aromatic carbocycles. The third-order valence-electron chi connectivity index (χ3n) is 3.28. The van der Waals surface area contributed by atoms with Crippen LogP contribution >= 0.6 is 11.8 Å². The topological polar surface area (TPSA) is 57.6 Å². The Kier molecular flexibility index (Phi) is 2.90. The molecule has 1 heterocycles. The van der Waals surface area contributed by atoms with Crippen LogP contribution < -0.4 is 0 Å². The zero-order chi connectivity index (χ0) is 11.9. The van der Waals surface area contributed by atoms with Gasteiger partial charge < -0.3 is 10.0 Å². The summed E-state index contributed by atoms with van der Waals surface area (Å²) in [6.07, 6.45) is 1.02. The predicted octanol–water partition coefficient (Wildman–Crippen LogP) is 1.20. The molecule has 2 rings (SSSR count). The summed E-state index contributed by atoms with van der Waals surface area (Å²) >= 11 is 1.86. The fourth-order valence-electron chi connectivity index (χ4n) is 2.29. The van der Waals surface area contributed by atoms with E-state index >= 15 is 0 Å². The van der Waals surface area contributed by atoms with Gasteiger partial charge in [-0.1, -0.05) is 13.8 Å². The van der Waals surface area contributed by atoms with Crippen molar-refractivity contribution >= 4 is 23.6 Å². The summed E-state index contributed by atoms with van der Waals surface area (Å²) in [6, 6.07) is 0. The van der Waals surface area contributed by atoms with Crippen molar-refractivity contribution in [3.63, 3.8) is 0 Å². The van der Waals surface area contributed by atoms with Gasteiger partial charge >= 0.3 is 5.97 Å². The normalized spacial score (nSPS) is 32.2. The lowest BCUT2D eigenvalue weighted by molar-refractivity contribution is -0.153. The van der Waals surface area contributed by atoms with Crippen LogP contribution in [0.1, 0.15) is 26.7 Å². The lowest BCUT2D eigenvalue weighted by Crippen LogP contribution is -2.48. The van der Waals surface area contributed by atoms with Gasteiger partial charge in [0.25, 0.3) is 0 Å². The molecule has 90 valence electrons. The van der Waals surface area contributed by atoms with E-state index in [0.29, 0.717) is 36.4 Å². The van der Waals surface area contributed by atoms with Crippen LogP contribution in [0.4, 0.5) is 0 Å². The number of thioether (sulfide) groups is 1. The summed E-state index contributed by atoms with van der Waals surface area (Å²) in [5.74, 6) is -1.12. The Morgan fingerprint density at radius 1 is 1.25 bits per heavy atom. The molecule has 1 aliphatic heterocycles. The average molecular weight is 243 g/mol. The first-order valence-electron chi connectivity index (χ1n) is 5.64. The van der Waals surface area contributed by atoms with E-state index in [1.807, 2.05) is 11.8 Å². The highest BCUT2D eigenvalue weighted by Crippen LogP contribution is 2.48. The predicted molar refractivity (Wildman–Crippen MR) is 62.4 cm³/mol. The number of nitrogens with zero attached hydrogens (tertiary/aromatic N) is 1. The molecule has 1 N–H and O–H groups in total. The van der Waals surface area contributed by atoms with Gasteiger partial charge in [0.2, 0.25) is 5.91 Å². The third kappa shape index (κ3) is 1.93. The summed E-state index contributed by atoms with van der Waals surface area (Å²) in [5, 5.41) is 9.88. The van der Waals surface area contributed by atoms with Gasteiger partial charge in [0.1, 0.15) is 5.41 Å². The molecule has 2 fully saturated rings. The molecule has 1 aliphatic carbocycles. The van der Waals surface area contributed by atoms with E-state index in [0.717, 1.165) is 0 Å². The molecule has 0 radical (unpaired) electrons. The van der Waals surface area contributed by atoms with Gasteiger partial charge in [-0.15, -0.1) is 0 Å². The van der Waals surface area contributed by atoms with Gasteiger partial charge in [0.15, 0.2) is 0 Å². The second-order valence-corrected chi connectivity index (χ2v) is 6.74. The van der Waals surface area contributed by atoms with Crippen molar-refractivity contribution in [3.05, 3.63) is 0 Å². The van der Waals surface area contributed by atoms with Crippen LogP contribution in [-0.4, -0.2) is 45.5 Å². The first-order chi connectivity index (χ1) is 7.45. The molecule has 0 aromatic heterocycles. The maximum absolute atomic E-state index is 12.2. The van der Waals surface area contributed by atoms with E-state index < -0.39 is 11.4 Å². The number of carboxylic acids is 1. The fraction of sp³-hybridized carbons (Fsp3) is 0.818. The first-order valence-corrected chi connectivity index (χ1v) is 6.58. The number of carbonyl (C=O) groups excluding carboxylic acids is 1. The summed E-state index contributed by atoms with van der Waals surface area (Å²) in [6.45, 7) is 5.54. The second kappa shape index (κ2) is 3.95. The minimum Gasteiger partial charge on any atom is -0.480 e. The van der Waals surface area contributed by atoms with E-state index in [1.165, 1.54) is 0 Å². The maximum atomic E-state index is 12.2. The number of aliphatic carboxylic acids is 1. The highest BCUT2D eigenvalue weighted by molar-refractivity contribution is 8.00. The van der Waals surface area contributed by atoms with Gasteiger partial charge in [-0.2, -0.15) is 11.8 Å². The third-order valence-corrected chi connectivity index (χ3v) is 4.50. The SMILES string of the molecule is CC1CN(C(=O)C2(C(=O)O)CC2)CC(C)S1. The molecule has 5 heteroatoms. The number of hydrogen-bond acceptors (Lipinski definition) is 3. The molecule has 2 unspecified atom stereocenters. The highest BCUT2D eigenvalue weighted by Gasteiger charge is 2.58. The standard InChI is InChI=1S/C11H17NO3S/c1-7-5-12(6-8(2)16-7)9(13)11(3-4-11)10(14)15/h7-8H,3-6H2,1-2H3,(H,14,15). The van der Waals surface area contributed by atoms with Crippen LogP contribution in [0.2, 0.25) is 0 Å². The first kappa shape index (κ1) is 11.8. The van der Waals surface area contributed by atoms with Crippen molar-refractivity contribution in [1.29, 1.82) is 0 Å². The zero-order valence-corrected chi connectivity index (χ0v) is 10.4. The van der Waals surface area contributed by atoms with E-state index in [4.69, 9.17) is 5.11 Å². The number of carbonyl (C=O) groups is 2. The van der Waals surface area contributed by atoms with E-state index in [2.05, 4.69) is 13.8 Å². The molecule has 0 spiro atoms. The highest BCUT2D eigenvalue weighted by atomic mass is 32.2. The molecule has 2 atom stereocenters. The van der Waals surface area contributed by atoms with E-state index in [-0.39, 0.29) is 5.91 Å². The van der Waals surface area contributed by atoms with Gasteiger partial charge in [0, 0.05) is 23.6 Å². The lowest BCUT2D eigenvalue weighted by Gasteiger charge is -2.36. The molecule has 0 aromatic rings. The van der Waals surface area contributed by atoms with E-state index in [9.17, 15) is 9.59 Å². The van der Waals surface area contributed by atoms with Crippen LogP contribution in [0.5, 0.6) is 0 Å². The van der Waals surface area contributed by atoms with Crippen molar-refractivity contribution in [3.8, 4) is 0 Å². The molecular formula is C11H17NO3S. The molecule has 4 nitrogen and oxygen atoms in total. The summed E-state index contributed by atoms with van der Waals surface area (Å²) < 4.78 is 0. The fourth-order valence-corrected chi connectivity index (χ4v) is 3.62.